The SMILES string of the molecule is COCC(C)(OC)C(F)(F)C(=O)O. The fraction of sp³-hybridized carbons (Fsp3) is 0.857. The van der Waals surface area contributed by atoms with Crippen LogP contribution in [0.2, 0.25) is 0 Å². The van der Waals surface area contributed by atoms with E-state index in [4.69, 9.17) is 5.11 Å². The number of carbonyl (C=O) groups is 1. The van der Waals surface area contributed by atoms with E-state index in [-0.39, 0.29) is 0 Å². The van der Waals surface area contributed by atoms with E-state index in [0.717, 1.165) is 14.0 Å². The number of aliphatic carboxylic acids is 1. The minimum Gasteiger partial charge on any atom is -0.477 e. The molecule has 78 valence electrons. The van der Waals surface area contributed by atoms with Crippen LogP contribution in [0, 0.1) is 0 Å². The van der Waals surface area contributed by atoms with E-state index in [2.05, 4.69) is 9.47 Å². The minimum atomic E-state index is -3.97. The Kier molecular flexibility index (Phi) is 3.74. The van der Waals surface area contributed by atoms with Gasteiger partial charge in [0.25, 0.3) is 0 Å². The number of carboxylic acids is 1. The van der Waals surface area contributed by atoms with Gasteiger partial charge in [0.2, 0.25) is 0 Å². The first-order chi connectivity index (χ1) is 5.81. The number of rotatable bonds is 5. The Morgan fingerprint density at radius 3 is 2.15 bits per heavy atom. The van der Waals surface area contributed by atoms with Crippen molar-refractivity contribution in [3.63, 3.8) is 0 Å². The molecule has 0 spiro atoms. The van der Waals surface area contributed by atoms with Gasteiger partial charge in [-0.1, -0.05) is 0 Å². The topological polar surface area (TPSA) is 55.8 Å². The van der Waals surface area contributed by atoms with Gasteiger partial charge in [0.15, 0.2) is 5.60 Å². The zero-order valence-electron chi connectivity index (χ0n) is 7.63. The van der Waals surface area contributed by atoms with Crippen LogP contribution in [-0.4, -0.2) is 43.4 Å². The lowest BCUT2D eigenvalue weighted by atomic mass is 9.99. The summed E-state index contributed by atoms with van der Waals surface area (Å²) < 4.78 is 34.9. The van der Waals surface area contributed by atoms with Crippen molar-refractivity contribution in [1.82, 2.24) is 0 Å². The van der Waals surface area contributed by atoms with Crippen LogP contribution < -0.4 is 0 Å². The second-order valence-electron chi connectivity index (χ2n) is 2.75. The number of methoxy groups -OCH3 is 2. The first kappa shape index (κ1) is 12.2. The number of carboxylic acid groups (broad SMARTS) is 1. The summed E-state index contributed by atoms with van der Waals surface area (Å²) in [6.45, 7) is 0.480. The smallest absolute Gasteiger partial charge is 0.377 e. The monoisotopic (exact) mass is 198 g/mol. The highest BCUT2D eigenvalue weighted by Gasteiger charge is 2.57. The maximum atomic E-state index is 13.0. The Labute approximate surface area is 74.4 Å². The molecule has 1 unspecified atom stereocenters. The van der Waals surface area contributed by atoms with Crippen molar-refractivity contribution in [1.29, 1.82) is 0 Å². The zero-order valence-corrected chi connectivity index (χ0v) is 7.63. The molecule has 0 aromatic carbocycles. The number of hydrogen-bond donors (Lipinski definition) is 1. The highest BCUT2D eigenvalue weighted by molar-refractivity contribution is 5.77. The third-order valence-corrected chi connectivity index (χ3v) is 1.80. The molecule has 4 nitrogen and oxygen atoms in total. The van der Waals surface area contributed by atoms with E-state index >= 15 is 0 Å². The molecule has 0 saturated heterocycles. The summed E-state index contributed by atoms with van der Waals surface area (Å²) in [5.41, 5.74) is -2.15. The summed E-state index contributed by atoms with van der Waals surface area (Å²) >= 11 is 0. The van der Waals surface area contributed by atoms with Gasteiger partial charge in [-0.25, -0.2) is 4.79 Å². The molecule has 0 aromatic rings. The van der Waals surface area contributed by atoms with Crippen molar-refractivity contribution in [2.75, 3.05) is 20.8 Å². The average molecular weight is 198 g/mol. The lowest BCUT2D eigenvalue weighted by Crippen LogP contribution is -2.55. The first-order valence-corrected chi connectivity index (χ1v) is 3.47. The van der Waals surface area contributed by atoms with Crippen molar-refractivity contribution >= 4 is 5.97 Å². The van der Waals surface area contributed by atoms with Crippen LogP contribution in [0.5, 0.6) is 0 Å². The largest absolute Gasteiger partial charge is 0.477 e. The number of ether oxygens (including phenoxy) is 2. The third-order valence-electron chi connectivity index (χ3n) is 1.80. The number of hydrogen-bond acceptors (Lipinski definition) is 3. The van der Waals surface area contributed by atoms with Crippen molar-refractivity contribution in [3.05, 3.63) is 0 Å². The molecule has 0 heterocycles. The molecule has 0 aliphatic rings. The Bertz CT molecular complexity index is 195. The van der Waals surface area contributed by atoms with Gasteiger partial charge >= 0.3 is 11.9 Å². The molecule has 0 saturated carbocycles. The van der Waals surface area contributed by atoms with Gasteiger partial charge in [-0.15, -0.1) is 0 Å². The Morgan fingerprint density at radius 1 is 1.46 bits per heavy atom. The molecule has 1 atom stereocenters. The maximum absolute atomic E-state index is 13.0. The third kappa shape index (κ3) is 2.13. The minimum absolute atomic E-state index is 0.497. The summed E-state index contributed by atoms with van der Waals surface area (Å²) in [5.74, 6) is -6.20. The van der Waals surface area contributed by atoms with E-state index in [0.29, 0.717) is 0 Å². The van der Waals surface area contributed by atoms with E-state index < -0.39 is 24.1 Å². The maximum Gasteiger partial charge on any atom is 0.377 e. The fourth-order valence-corrected chi connectivity index (χ4v) is 0.779. The van der Waals surface area contributed by atoms with Crippen LogP contribution in [-0.2, 0) is 14.3 Å². The summed E-state index contributed by atoms with van der Waals surface area (Å²) in [7, 11) is 2.20. The average Bonchev–Trinajstić information content (AvgIpc) is 2.04. The lowest BCUT2D eigenvalue weighted by molar-refractivity contribution is -0.222. The molecular weight excluding hydrogens is 186 g/mol. The Hall–Kier alpha value is -0.750. The quantitative estimate of drug-likeness (QED) is 0.708. The molecule has 0 aliphatic heterocycles. The second-order valence-corrected chi connectivity index (χ2v) is 2.75. The van der Waals surface area contributed by atoms with Crippen LogP contribution in [0.4, 0.5) is 8.78 Å². The van der Waals surface area contributed by atoms with Gasteiger partial charge in [-0.3, -0.25) is 0 Å². The second kappa shape index (κ2) is 3.97. The molecule has 0 aromatic heterocycles. The predicted molar refractivity (Wildman–Crippen MR) is 39.9 cm³/mol. The molecular formula is C7H12F2O4. The predicted octanol–water partition coefficient (Wildman–Crippen LogP) is 0.758. The molecule has 0 fully saturated rings. The fourth-order valence-electron chi connectivity index (χ4n) is 0.779. The van der Waals surface area contributed by atoms with Crippen molar-refractivity contribution < 1.29 is 28.2 Å². The molecule has 0 rings (SSSR count). The molecule has 0 aliphatic carbocycles. The molecule has 0 amide bonds. The van der Waals surface area contributed by atoms with Gasteiger partial charge in [0.1, 0.15) is 0 Å². The highest BCUT2D eigenvalue weighted by atomic mass is 19.3. The summed E-state index contributed by atoms with van der Waals surface area (Å²) in [6.07, 6.45) is 0. The standard InChI is InChI=1S/C7H12F2O4/c1-6(13-3,4-12-2)7(8,9)5(10)11/h4H2,1-3H3,(H,10,11). The van der Waals surface area contributed by atoms with E-state index in [1.807, 2.05) is 0 Å². The Balaban J connectivity index is 4.82. The van der Waals surface area contributed by atoms with Gasteiger partial charge < -0.3 is 14.6 Å². The van der Waals surface area contributed by atoms with E-state index in [1.165, 1.54) is 7.11 Å². The molecule has 13 heavy (non-hydrogen) atoms. The van der Waals surface area contributed by atoms with Crippen molar-refractivity contribution in [3.8, 4) is 0 Å². The van der Waals surface area contributed by atoms with Gasteiger partial charge in [0, 0.05) is 14.2 Å². The summed E-state index contributed by atoms with van der Waals surface area (Å²) in [5, 5.41) is 8.25. The Morgan fingerprint density at radius 2 is 1.92 bits per heavy atom. The zero-order chi connectivity index (χ0) is 10.7. The first-order valence-electron chi connectivity index (χ1n) is 3.47. The van der Waals surface area contributed by atoms with Crippen LogP contribution in [0.3, 0.4) is 0 Å². The molecule has 6 heteroatoms. The van der Waals surface area contributed by atoms with Crippen molar-refractivity contribution in [2.45, 2.75) is 18.4 Å². The van der Waals surface area contributed by atoms with Gasteiger partial charge in [0.05, 0.1) is 6.61 Å². The summed E-state index contributed by atoms with van der Waals surface area (Å²) in [4.78, 5) is 10.2. The van der Waals surface area contributed by atoms with Crippen LogP contribution in [0.15, 0.2) is 0 Å². The van der Waals surface area contributed by atoms with Crippen LogP contribution >= 0.6 is 0 Å². The van der Waals surface area contributed by atoms with Crippen LogP contribution in [0.25, 0.3) is 0 Å². The van der Waals surface area contributed by atoms with Crippen LogP contribution in [0.1, 0.15) is 6.92 Å². The lowest BCUT2D eigenvalue weighted by Gasteiger charge is -2.32. The molecule has 0 radical (unpaired) electrons. The number of alkyl halides is 2. The summed E-state index contributed by atoms with van der Waals surface area (Å²) in [6, 6.07) is 0. The van der Waals surface area contributed by atoms with Gasteiger partial charge in [-0.05, 0) is 6.92 Å². The van der Waals surface area contributed by atoms with Gasteiger partial charge in [-0.2, -0.15) is 8.78 Å². The molecule has 0 bridgehead atoms. The highest BCUT2D eigenvalue weighted by Crippen LogP contribution is 2.31. The number of halogens is 2. The van der Waals surface area contributed by atoms with E-state index in [1.54, 1.807) is 0 Å². The molecule has 1 N–H and O–H groups in total. The normalized spacial score (nSPS) is 16.7. The van der Waals surface area contributed by atoms with E-state index in [9.17, 15) is 13.6 Å². The van der Waals surface area contributed by atoms with Crippen molar-refractivity contribution in [2.24, 2.45) is 0 Å².